The number of anilines is 1. The maximum absolute atomic E-state index is 13.1. The van der Waals surface area contributed by atoms with Gasteiger partial charge in [0, 0.05) is 18.8 Å². The molecule has 18 heavy (non-hydrogen) atoms. The van der Waals surface area contributed by atoms with E-state index < -0.39 is 0 Å². The second-order valence-electron chi connectivity index (χ2n) is 3.93. The average molecular weight is 247 g/mol. The van der Waals surface area contributed by atoms with Gasteiger partial charge in [-0.1, -0.05) is 0 Å². The molecule has 0 aliphatic heterocycles. The van der Waals surface area contributed by atoms with Gasteiger partial charge in [0.2, 0.25) is 11.8 Å². The SMILES string of the molecule is CNc1nc(C)cc(Oc2ccc(F)c(C)c2)n1. The standard InChI is InChI=1S/C13H14FN3O/c1-8-6-10(4-5-11(8)14)18-12-7-9(2)16-13(15-3)17-12/h4-7H,1-3H3,(H,15,16,17). The summed E-state index contributed by atoms with van der Waals surface area (Å²) < 4.78 is 18.7. The fourth-order valence-corrected chi connectivity index (χ4v) is 1.51. The van der Waals surface area contributed by atoms with Crippen molar-refractivity contribution in [1.82, 2.24) is 9.97 Å². The molecule has 5 heteroatoms. The van der Waals surface area contributed by atoms with E-state index >= 15 is 0 Å². The minimum Gasteiger partial charge on any atom is -0.439 e. The third-order valence-corrected chi connectivity index (χ3v) is 2.41. The van der Waals surface area contributed by atoms with Gasteiger partial charge >= 0.3 is 0 Å². The summed E-state index contributed by atoms with van der Waals surface area (Å²) in [6.07, 6.45) is 0. The highest BCUT2D eigenvalue weighted by Gasteiger charge is 2.05. The van der Waals surface area contributed by atoms with Crippen molar-refractivity contribution < 1.29 is 9.13 Å². The third-order valence-electron chi connectivity index (χ3n) is 2.41. The number of hydrogen-bond acceptors (Lipinski definition) is 4. The zero-order valence-corrected chi connectivity index (χ0v) is 10.5. The molecule has 1 N–H and O–H groups in total. The zero-order valence-electron chi connectivity index (χ0n) is 10.5. The van der Waals surface area contributed by atoms with Crippen LogP contribution in [0.5, 0.6) is 11.6 Å². The molecule has 0 aliphatic carbocycles. The van der Waals surface area contributed by atoms with Crippen LogP contribution in [0.1, 0.15) is 11.3 Å². The normalized spacial score (nSPS) is 10.2. The molecular formula is C13H14FN3O. The number of nitrogens with zero attached hydrogens (tertiary/aromatic N) is 2. The van der Waals surface area contributed by atoms with Crippen molar-refractivity contribution in [3.63, 3.8) is 0 Å². The van der Waals surface area contributed by atoms with Crippen molar-refractivity contribution in [3.8, 4) is 11.6 Å². The van der Waals surface area contributed by atoms with Crippen LogP contribution in [0.2, 0.25) is 0 Å². The number of halogens is 1. The molecule has 0 saturated heterocycles. The lowest BCUT2D eigenvalue weighted by atomic mass is 10.2. The Morgan fingerprint density at radius 3 is 2.61 bits per heavy atom. The largest absolute Gasteiger partial charge is 0.439 e. The Kier molecular flexibility index (Phi) is 3.41. The Morgan fingerprint density at radius 2 is 1.94 bits per heavy atom. The minimum absolute atomic E-state index is 0.253. The fraction of sp³-hybridized carbons (Fsp3) is 0.231. The molecule has 0 spiro atoms. The summed E-state index contributed by atoms with van der Waals surface area (Å²) >= 11 is 0. The lowest BCUT2D eigenvalue weighted by molar-refractivity contribution is 0.459. The molecule has 2 aromatic rings. The monoisotopic (exact) mass is 247 g/mol. The summed E-state index contributed by atoms with van der Waals surface area (Å²) in [5, 5.41) is 2.85. The molecule has 94 valence electrons. The Bertz CT molecular complexity index is 572. The van der Waals surface area contributed by atoms with E-state index in [4.69, 9.17) is 4.74 Å². The van der Waals surface area contributed by atoms with Crippen LogP contribution in [0.4, 0.5) is 10.3 Å². The van der Waals surface area contributed by atoms with E-state index in [1.54, 1.807) is 32.2 Å². The van der Waals surface area contributed by atoms with Crippen LogP contribution in [-0.4, -0.2) is 17.0 Å². The summed E-state index contributed by atoms with van der Waals surface area (Å²) in [4.78, 5) is 8.32. The molecule has 1 aromatic carbocycles. The first kappa shape index (κ1) is 12.3. The van der Waals surface area contributed by atoms with Gasteiger partial charge < -0.3 is 10.1 Å². The summed E-state index contributed by atoms with van der Waals surface area (Å²) in [6, 6.07) is 6.29. The maximum Gasteiger partial charge on any atom is 0.225 e. The number of aromatic nitrogens is 2. The van der Waals surface area contributed by atoms with E-state index in [1.807, 2.05) is 6.92 Å². The number of aryl methyl sites for hydroxylation is 2. The molecule has 0 fully saturated rings. The molecule has 0 radical (unpaired) electrons. The van der Waals surface area contributed by atoms with Gasteiger partial charge in [-0.2, -0.15) is 4.98 Å². The van der Waals surface area contributed by atoms with Crippen molar-refractivity contribution in [2.24, 2.45) is 0 Å². The number of hydrogen-bond donors (Lipinski definition) is 1. The molecule has 0 saturated carbocycles. The Balaban J connectivity index is 2.27. The molecule has 1 heterocycles. The van der Waals surface area contributed by atoms with E-state index in [0.717, 1.165) is 5.69 Å². The highest BCUT2D eigenvalue weighted by Crippen LogP contribution is 2.23. The van der Waals surface area contributed by atoms with Gasteiger partial charge in [-0.15, -0.1) is 0 Å². The highest BCUT2D eigenvalue weighted by molar-refractivity contribution is 5.35. The highest BCUT2D eigenvalue weighted by atomic mass is 19.1. The van der Waals surface area contributed by atoms with Crippen molar-refractivity contribution >= 4 is 5.95 Å². The summed E-state index contributed by atoms with van der Waals surface area (Å²) in [7, 11) is 1.74. The van der Waals surface area contributed by atoms with Crippen LogP contribution in [0.25, 0.3) is 0 Å². The van der Waals surface area contributed by atoms with E-state index in [9.17, 15) is 4.39 Å². The van der Waals surface area contributed by atoms with Crippen LogP contribution in [-0.2, 0) is 0 Å². The van der Waals surface area contributed by atoms with E-state index in [2.05, 4.69) is 15.3 Å². The smallest absolute Gasteiger partial charge is 0.225 e. The number of benzene rings is 1. The van der Waals surface area contributed by atoms with Crippen LogP contribution >= 0.6 is 0 Å². The molecule has 0 bridgehead atoms. The van der Waals surface area contributed by atoms with Crippen molar-refractivity contribution in [2.75, 3.05) is 12.4 Å². The van der Waals surface area contributed by atoms with Gasteiger partial charge in [0.1, 0.15) is 11.6 Å². The van der Waals surface area contributed by atoms with Crippen LogP contribution in [0.3, 0.4) is 0 Å². The summed E-state index contributed by atoms with van der Waals surface area (Å²) in [6.45, 7) is 3.54. The predicted molar refractivity (Wildman–Crippen MR) is 67.5 cm³/mol. The Morgan fingerprint density at radius 1 is 1.17 bits per heavy atom. The summed E-state index contributed by atoms with van der Waals surface area (Å²) in [5.41, 5.74) is 1.33. The molecule has 1 aromatic heterocycles. The first-order valence-electron chi connectivity index (χ1n) is 5.56. The molecule has 0 aliphatic rings. The van der Waals surface area contributed by atoms with Crippen LogP contribution in [0.15, 0.2) is 24.3 Å². The number of ether oxygens (including phenoxy) is 1. The molecule has 0 unspecified atom stereocenters. The number of rotatable bonds is 3. The topological polar surface area (TPSA) is 47.0 Å². The zero-order chi connectivity index (χ0) is 13.1. The number of nitrogens with one attached hydrogen (secondary N) is 1. The second-order valence-corrected chi connectivity index (χ2v) is 3.93. The van der Waals surface area contributed by atoms with E-state index in [-0.39, 0.29) is 5.82 Å². The molecule has 0 amide bonds. The maximum atomic E-state index is 13.1. The summed E-state index contributed by atoms with van der Waals surface area (Å²) in [5.74, 6) is 1.22. The first-order chi connectivity index (χ1) is 8.58. The minimum atomic E-state index is -0.253. The van der Waals surface area contributed by atoms with Crippen molar-refractivity contribution in [1.29, 1.82) is 0 Å². The first-order valence-corrected chi connectivity index (χ1v) is 5.56. The Labute approximate surface area is 105 Å². The lowest BCUT2D eigenvalue weighted by Gasteiger charge is -2.08. The predicted octanol–water partition coefficient (Wildman–Crippen LogP) is 3.07. The Hall–Kier alpha value is -2.17. The van der Waals surface area contributed by atoms with Gasteiger partial charge in [0.05, 0.1) is 0 Å². The van der Waals surface area contributed by atoms with Gasteiger partial charge in [0.25, 0.3) is 0 Å². The molecule has 0 atom stereocenters. The van der Waals surface area contributed by atoms with Gasteiger partial charge in [-0.05, 0) is 37.6 Å². The van der Waals surface area contributed by atoms with Crippen molar-refractivity contribution in [3.05, 3.63) is 41.3 Å². The van der Waals surface area contributed by atoms with Crippen LogP contribution in [0, 0.1) is 19.7 Å². The molecule has 2 rings (SSSR count). The van der Waals surface area contributed by atoms with Crippen molar-refractivity contribution in [2.45, 2.75) is 13.8 Å². The lowest BCUT2D eigenvalue weighted by Crippen LogP contribution is -1.99. The van der Waals surface area contributed by atoms with Gasteiger partial charge in [0.15, 0.2) is 0 Å². The van der Waals surface area contributed by atoms with E-state index in [0.29, 0.717) is 23.1 Å². The fourth-order valence-electron chi connectivity index (χ4n) is 1.51. The average Bonchev–Trinajstić information content (AvgIpc) is 2.33. The second kappa shape index (κ2) is 5.00. The quantitative estimate of drug-likeness (QED) is 0.905. The molecular weight excluding hydrogens is 233 g/mol. The molecule has 4 nitrogen and oxygen atoms in total. The third kappa shape index (κ3) is 2.74. The van der Waals surface area contributed by atoms with Gasteiger partial charge in [-0.25, -0.2) is 9.37 Å². The van der Waals surface area contributed by atoms with E-state index in [1.165, 1.54) is 6.07 Å². The van der Waals surface area contributed by atoms with Gasteiger partial charge in [-0.3, -0.25) is 0 Å². The van der Waals surface area contributed by atoms with Crippen LogP contribution < -0.4 is 10.1 Å².